The number of carbonyl (C=O) groups is 2. The SMILES string of the molecule is CC(OC(=O)c1cccc(S(=O)(=O)NCc2ccccc2)c1)C(=O)NC1CCCC1. The smallest absolute Gasteiger partial charge is 0.338 e. The summed E-state index contributed by atoms with van der Waals surface area (Å²) in [7, 11) is -3.81. The van der Waals surface area contributed by atoms with Crippen LogP contribution >= 0.6 is 0 Å². The van der Waals surface area contributed by atoms with Crippen LogP contribution in [-0.2, 0) is 26.1 Å². The minimum Gasteiger partial charge on any atom is -0.449 e. The first-order chi connectivity index (χ1) is 14.3. The van der Waals surface area contributed by atoms with Gasteiger partial charge in [0.15, 0.2) is 6.10 Å². The summed E-state index contributed by atoms with van der Waals surface area (Å²) in [5.41, 5.74) is 0.886. The number of ether oxygens (including phenoxy) is 1. The summed E-state index contributed by atoms with van der Waals surface area (Å²) in [5.74, 6) is -1.09. The van der Waals surface area contributed by atoms with Gasteiger partial charge in [0.05, 0.1) is 10.5 Å². The zero-order valence-electron chi connectivity index (χ0n) is 16.8. The third kappa shape index (κ3) is 5.90. The van der Waals surface area contributed by atoms with Gasteiger partial charge in [0, 0.05) is 12.6 Å². The van der Waals surface area contributed by atoms with Gasteiger partial charge in [-0.3, -0.25) is 4.79 Å². The molecule has 0 spiro atoms. The molecule has 0 heterocycles. The minimum atomic E-state index is -3.81. The van der Waals surface area contributed by atoms with E-state index in [1.807, 2.05) is 30.3 Å². The van der Waals surface area contributed by atoms with Crippen LogP contribution in [0.25, 0.3) is 0 Å². The Kier molecular flexibility index (Phi) is 7.23. The molecule has 8 heteroatoms. The van der Waals surface area contributed by atoms with Crippen molar-refractivity contribution in [3.8, 4) is 0 Å². The molecule has 7 nitrogen and oxygen atoms in total. The Balaban J connectivity index is 1.61. The average Bonchev–Trinajstić information content (AvgIpc) is 3.26. The maximum Gasteiger partial charge on any atom is 0.338 e. The highest BCUT2D eigenvalue weighted by Crippen LogP contribution is 2.18. The fourth-order valence-corrected chi connectivity index (χ4v) is 4.38. The van der Waals surface area contributed by atoms with Crippen molar-refractivity contribution in [2.24, 2.45) is 0 Å². The number of carbonyl (C=O) groups excluding carboxylic acids is 2. The molecule has 0 radical (unpaired) electrons. The Morgan fingerprint density at radius 3 is 2.47 bits per heavy atom. The number of amides is 1. The second-order valence-corrected chi connectivity index (χ2v) is 9.14. The van der Waals surface area contributed by atoms with E-state index in [-0.39, 0.29) is 29.0 Å². The average molecular weight is 431 g/mol. The van der Waals surface area contributed by atoms with E-state index in [4.69, 9.17) is 4.74 Å². The number of hydrogen-bond donors (Lipinski definition) is 2. The Hall–Kier alpha value is -2.71. The largest absolute Gasteiger partial charge is 0.449 e. The van der Waals surface area contributed by atoms with E-state index in [9.17, 15) is 18.0 Å². The van der Waals surface area contributed by atoms with E-state index in [0.29, 0.717) is 0 Å². The maximum absolute atomic E-state index is 12.6. The van der Waals surface area contributed by atoms with Crippen molar-refractivity contribution in [3.05, 3.63) is 65.7 Å². The van der Waals surface area contributed by atoms with Gasteiger partial charge in [0.25, 0.3) is 5.91 Å². The number of esters is 1. The molecular formula is C22H26N2O5S. The molecule has 1 amide bonds. The van der Waals surface area contributed by atoms with Gasteiger partial charge < -0.3 is 10.1 Å². The Morgan fingerprint density at radius 1 is 1.07 bits per heavy atom. The van der Waals surface area contributed by atoms with Crippen LogP contribution in [0.1, 0.15) is 48.5 Å². The van der Waals surface area contributed by atoms with Crippen molar-refractivity contribution in [2.45, 2.75) is 56.2 Å². The van der Waals surface area contributed by atoms with Gasteiger partial charge in [0.1, 0.15) is 0 Å². The summed E-state index contributed by atoms with van der Waals surface area (Å²) in [4.78, 5) is 24.6. The number of sulfonamides is 1. The molecule has 1 unspecified atom stereocenters. The minimum absolute atomic E-state index is 0.0454. The van der Waals surface area contributed by atoms with Gasteiger partial charge in [-0.05, 0) is 43.5 Å². The summed E-state index contributed by atoms with van der Waals surface area (Å²) in [6, 6.07) is 14.8. The molecule has 1 fully saturated rings. The van der Waals surface area contributed by atoms with Gasteiger partial charge in [-0.2, -0.15) is 0 Å². The van der Waals surface area contributed by atoms with E-state index >= 15 is 0 Å². The Morgan fingerprint density at radius 2 is 1.77 bits per heavy atom. The first-order valence-corrected chi connectivity index (χ1v) is 11.5. The highest BCUT2D eigenvalue weighted by molar-refractivity contribution is 7.89. The van der Waals surface area contributed by atoms with Crippen LogP contribution < -0.4 is 10.0 Å². The normalized spacial score (nSPS) is 15.5. The molecule has 0 bridgehead atoms. The molecule has 2 aromatic rings. The molecule has 3 rings (SSSR count). The summed E-state index contributed by atoms with van der Waals surface area (Å²) in [6.07, 6.45) is 3.07. The summed E-state index contributed by atoms with van der Waals surface area (Å²) in [6.45, 7) is 1.64. The third-order valence-corrected chi connectivity index (χ3v) is 6.44. The number of rotatable bonds is 8. The summed E-state index contributed by atoms with van der Waals surface area (Å²) < 4.78 is 32.9. The van der Waals surface area contributed by atoms with Crippen molar-refractivity contribution >= 4 is 21.9 Å². The maximum atomic E-state index is 12.6. The Bertz CT molecular complexity index is 986. The highest BCUT2D eigenvalue weighted by Gasteiger charge is 2.24. The summed E-state index contributed by atoms with van der Waals surface area (Å²) >= 11 is 0. The second kappa shape index (κ2) is 9.86. The predicted molar refractivity (Wildman–Crippen MR) is 112 cm³/mol. The molecule has 0 aliphatic heterocycles. The molecule has 30 heavy (non-hydrogen) atoms. The van der Waals surface area contributed by atoms with Crippen molar-refractivity contribution in [3.63, 3.8) is 0 Å². The molecule has 160 valence electrons. The van der Waals surface area contributed by atoms with Crippen molar-refractivity contribution in [1.82, 2.24) is 10.0 Å². The van der Waals surface area contributed by atoms with E-state index in [0.717, 1.165) is 31.2 Å². The first-order valence-electron chi connectivity index (χ1n) is 10.0. The van der Waals surface area contributed by atoms with Crippen LogP contribution in [-0.4, -0.2) is 32.4 Å². The van der Waals surface area contributed by atoms with Crippen molar-refractivity contribution < 1.29 is 22.7 Å². The molecule has 2 aromatic carbocycles. The standard InChI is InChI=1S/C22H26N2O5S/c1-16(21(25)24-19-11-5-6-12-19)29-22(26)18-10-7-13-20(14-18)30(27,28)23-15-17-8-3-2-4-9-17/h2-4,7-10,13-14,16,19,23H,5-6,11-12,15H2,1H3,(H,24,25). The zero-order valence-corrected chi connectivity index (χ0v) is 17.7. The lowest BCUT2D eigenvalue weighted by Gasteiger charge is -2.17. The number of hydrogen-bond acceptors (Lipinski definition) is 5. The highest BCUT2D eigenvalue weighted by atomic mass is 32.2. The van der Waals surface area contributed by atoms with E-state index in [2.05, 4.69) is 10.0 Å². The van der Waals surface area contributed by atoms with Gasteiger partial charge in [-0.15, -0.1) is 0 Å². The fourth-order valence-electron chi connectivity index (χ4n) is 3.32. The number of nitrogens with one attached hydrogen (secondary N) is 2. The lowest BCUT2D eigenvalue weighted by molar-refractivity contribution is -0.129. The molecule has 1 saturated carbocycles. The molecule has 1 aliphatic carbocycles. The van der Waals surface area contributed by atoms with Crippen LogP contribution in [0.4, 0.5) is 0 Å². The molecular weight excluding hydrogens is 404 g/mol. The number of benzene rings is 2. The molecule has 0 aromatic heterocycles. The second-order valence-electron chi connectivity index (χ2n) is 7.38. The van der Waals surface area contributed by atoms with E-state index < -0.39 is 22.1 Å². The monoisotopic (exact) mass is 430 g/mol. The van der Waals surface area contributed by atoms with Crippen LogP contribution in [0.15, 0.2) is 59.5 Å². The lowest BCUT2D eigenvalue weighted by atomic mass is 10.2. The zero-order chi connectivity index (χ0) is 21.6. The van der Waals surface area contributed by atoms with Gasteiger partial charge in [0.2, 0.25) is 10.0 Å². The van der Waals surface area contributed by atoms with Crippen LogP contribution in [0.3, 0.4) is 0 Å². The van der Waals surface area contributed by atoms with Crippen LogP contribution in [0.2, 0.25) is 0 Å². The summed E-state index contributed by atoms with van der Waals surface area (Å²) in [5, 5.41) is 2.88. The van der Waals surface area contributed by atoms with Crippen LogP contribution in [0, 0.1) is 0 Å². The van der Waals surface area contributed by atoms with Gasteiger partial charge in [-0.1, -0.05) is 49.2 Å². The molecule has 1 atom stereocenters. The first kappa shape index (κ1) is 22.0. The van der Waals surface area contributed by atoms with Gasteiger partial charge >= 0.3 is 5.97 Å². The van der Waals surface area contributed by atoms with E-state index in [1.54, 1.807) is 0 Å². The van der Waals surface area contributed by atoms with Gasteiger partial charge in [-0.25, -0.2) is 17.9 Å². The van der Waals surface area contributed by atoms with Crippen molar-refractivity contribution in [1.29, 1.82) is 0 Å². The third-order valence-electron chi connectivity index (χ3n) is 5.04. The predicted octanol–water partition coefficient (Wildman–Crippen LogP) is 2.77. The van der Waals surface area contributed by atoms with Crippen LogP contribution in [0.5, 0.6) is 0 Å². The molecule has 2 N–H and O–H groups in total. The Labute approximate surface area is 176 Å². The van der Waals surface area contributed by atoms with Crippen molar-refractivity contribution in [2.75, 3.05) is 0 Å². The lowest BCUT2D eigenvalue weighted by Crippen LogP contribution is -2.40. The molecule has 1 aliphatic rings. The topological polar surface area (TPSA) is 102 Å². The van der Waals surface area contributed by atoms with E-state index in [1.165, 1.54) is 31.2 Å². The quantitative estimate of drug-likeness (QED) is 0.627. The fraction of sp³-hybridized carbons (Fsp3) is 0.364. The molecule has 0 saturated heterocycles.